The number of non-ortho nitro benzene ring substituents is 1. The number of hydrogen-bond acceptors (Lipinski definition) is 8. The fourth-order valence-corrected chi connectivity index (χ4v) is 2.07. The molecule has 1 aliphatic rings. The number of nitro groups is 1. The summed E-state index contributed by atoms with van der Waals surface area (Å²) in [4.78, 5) is 27.0. The normalized spacial score (nSPS) is 14.4. The van der Waals surface area contributed by atoms with E-state index in [1.807, 2.05) is 5.48 Å². The molecule has 1 aromatic carbocycles. The molecule has 3 N–H and O–H groups in total. The first-order chi connectivity index (χ1) is 11.1. The summed E-state index contributed by atoms with van der Waals surface area (Å²) < 4.78 is 5.24. The van der Waals surface area contributed by atoms with Gasteiger partial charge in [0, 0.05) is 24.2 Å². The first-order valence-corrected chi connectivity index (χ1v) is 6.93. The van der Waals surface area contributed by atoms with Gasteiger partial charge in [0.05, 0.1) is 18.1 Å². The summed E-state index contributed by atoms with van der Waals surface area (Å²) in [5.74, 6) is -0.291. The van der Waals surface area contributed by atoms with Gasteiger partial charge in [-0.05, 0) is 19.1 Å². The fraction of sp³-hybridized carbons (Fsp3) is 0.286. The number of hydrogen-bond donors (Lipinski definition) is 3. The monoisotopic (exact) mass is 320 g/mol. The number of carbonyl (C=O) groups excluding carboxylic acids is 1. The van der Waals surface area contributed by atoms with Gasteiger partial charge in [0.1, 0.15) is 11.4 Å². The predicted octanol–water partition coefficient (Wildman–Crippen LogP) is 1.01. The third-order valence-electron chi connectivity index (χ3n) is 3.10. The Balaban J connectivity index is 2.42. The second-order valence-corrected chi connectivity index (χ2v) is 4.54. The van der Waals surface area contributed by atoms with Gasteiger partial charge in [-0.1, -0.05) is 0 Å². The quantitative estimate of drug-likeness (QED) is 0.225. The van der Waals surface area contributed by atoms with Crippen LogP contribution in [0.4, 0.5) is 5.69 Å². The van der Waals surface area contributed by atoms with Crippen LogP contribution in [0.5, 0.6) is 0 Å². The van der Waals surface area contributed by atoms with Gasteiger partial charge >= 0.3 is 0 Å². The van der Waals surface area contributed by atoms with Crippen molar-refractivity contribution in [3.63, 3.8) is 0 Å². The zero-order valence-electron chi connectivity index (χ0n) is 12.4. The van der Waals surface area contributed by atoms with Gasteiger partial charge in [0.2, 0.25) is 11.7 Å². The van der Waals surface area contributed by atoms with E-state index < -0.39 is 10.7 Å². The van der Waals surface area contributed by atoms with Crippen molar-refractivity contribution >= 4 is 17.3 Å². The summed E-state index contributed by atoms with van der Waals surface area (Å²) in [6.07, 6.45) is 0. The van der Waals surface area contributed by atoms with Crippen molar-refractivity contribution in [1.29, 1.82) is 0 Å². The van der Waals surface area contributed by atoms with E-state index in [0.717, 1.165) is 0 Å². The Morgan fingerprint density at radius 1 is 1.48 bits per heavy atom. The molecule has 0 amide bonds. The van der Waals surface area contributed by atoms with Crippen molar-refractivity contribution in [2.75, 3.05) is 19.7 Å². The van der Waals surface area contributed by atoms with Crippen LogP contribution in [0.25, 0.3) is 0 Å². The first kappa shape index (κ1) is 16.4. The summed E-state index contributed by atoms with van der Waals surface area (Å²) in [5, 5.41) is 22.9. The Morgan fingerprint density at radius 2 is 2.17 bits per heavy atom. The fourth-order valence-electron chi connectivity index (χ4n) is 2.07. The smallest absolute Gasteiger partial charge is 0.269 e. The van der Waals surface area contributed by atoms with Crippen molar-refractivity contribution in [1.82, 2.24) is 10.8 Å². The molecular formula is C14H16N4O5. The Kier molecular flexibility index (Phi) is 5.26. The summed E-state index contributed by atoms with van der Waals surface area (Å²) >= 11 is 0. The van der Waals surface area contributed by atoms with Crippen molar-refractivity contribution in [2.45, 2.75) is 6.92 Å². The second-order valence-electron chi connectivity index (χ2n) is 4.54. The number of carbonyl (C=O) groups is 1. The van der Waals surface area contributed by atoms with Crippen LogP contribution in [0, 0.1) is 10.1 Å². The number of nitrogens with one attached hydrogen (secondary N) is 2. The molecule has 9 nitrogen and oxygen atoms in total. The third kappa shape index (κ3) is 3.64. The first-order valence-electron chi connectivity index (χ1n) is 6.93. The highest BCUT2D eigenvalue weighted by atomic mass is 16.6. The molecule has 23 heavy (non-hydrogen) atoms. The predicted molar refractivity (Wildman–Crippen MR) is 81.3 cm³/mol. The highest BCUT2D eigenvalue weighted by Crippen LogP contribution is 2.18. The maximum atomic E-state index is 12.7. The van der Waals surface area contributed by atoms with Crippen LogP contribution in [0.2, 0.25) is 0 Å². The minimum atomic E-state index is -0.547. The van der Waals surface area contributed by atoms with E-state index in [2.05, 4.69) is 10.3 Å². The molecule has 0 spiro atoms. The van der Waals surface area contributed by atoms with E-state index in [4.69, 9.17) is 4.74 Å². The number of rotatable bonds is 7. The van der Waals surface area contributed by atoms with Gasteiger partial charge < -0.3 is 10.1 Å². The van der Waals surface area contributed by atoms with Crippen molar-refractivity contribution in [3.8, 4) is 0 Å². The topological polar surface area (TPSA) is 126 Å². The van der Waals surface area contributed by atoms with Crippen LogP contribution in [0.15, 0.2) is 40.7 Å². The molecule has 0 unspecified atom stereocenters. The number of nitro benzene ring substituents is 1. The lowest BCUT2D eigenvalue weighted by Gasteiger charge is -2.14. The number of Topliss-reactive ketones (excluding diaryl/α,β-unsaturated/α-hetero) is 1. The number of nitrogens with zero attached hydrogens (tertiary/aromatic N) is 2. The van der Waals surface area contributed by atoms with Crippen LogP contribution in [-0.4, -0.2) is 41.4 Å². The lowest BCUT2D eigenvalue weighted by Crippen LogP contribution is -2.30. The number of ketones is 1. The van der Waals surface area contributed by atoms with Crippen LogP contribution < -0.4 is 10.8 Å². The number of amidine groups is 1. The molecule has 0 fully saturated rings. The maximum absolute atomic E-state index is 12.7. The number of aliphatic imine (C=N–C) groups is 1. The van der Waals surface area contributed by atoms with Gasteiger partial charge in [0.25, 0.3) is 5.69 Å². The Hall–Kier alpha value is -2.94. The average molecular weight is 320 g/mol. The second kappa shape index (κ2) is 7.36. The van der Waals surface area contributed by atoms with Gasteiger partial charge in [0.15, 0.2) is 0 Å². The molecule has 2 rings (SSSR count). The molecule has 1 aliphatic heterocycles. The summed E-state index contributed by atoms with van der Waals surface area (Å²) in [6.45, 7) is 3.00. The molecule has 0 aliphatic carbocycles. The van der Waals surface area contributed by atoms with E-state index in [1.165, 1.54) is 24.3 Å². The Morgan fingerprint density at radius 3 is 2.65 bits per heavy atom. The lowest BCUT2D eigenvalue weighted by molar-refractivity contribution is -0.384. The van der Waals surface area contributed by atoms with Crippen molar-refractivity contribution < 1.29 is 19.7 Å². The van der Waals surface area contributed by atoms with E-state index in [9.17, 15) is 20.1 Å². The molecule has 0 saturated heterocycles. The highest BCUT2D eigenvalue weighted by molar-refractivity contribution is 6.27. The lowest BCUT2D eigenvalue weighted by atomic mass is 10.0. The minimum absolute atomic E-state index is 0.0423. The van der Waals surface area contributed by atoms with Gasteiger partial charge in [-0.15, -0.1) is 0 Å². The van der Waals surface area contributed by atoms with Crippen molar-refractivity contribution in [3.05, 3.63) is 51.4 Å². The third-order valence-corrected chi connectivity index (χ3v) is 3.10. The molecule has 122 valence electrons. The van der Waals surface area contributed by atoms with E-state index in [-0.39, 0.29) is 29.3 Å². The molecule has 9 heteroatoms. The van der Waals surface area contributed by atoms with E-state index in [0.29, 0.717) is 18.9 Å². The SMILES string of the molecule is CCO/C(NO)=C(\C(=O)c1ccc([N+](=O)[O-])cc1)C1=NCCN1. The molecule has 0 atom stereocenters. The summed E-state index contributed by atoms with van der Waals surface area (Å²) in [6, 6.07) is 5.16. The van der Waals surface area contributed by atoms with Crippen LogP contribution in [-0.2, 0) is 4.74 Å². The average Bonchev–Trinajstić information content (AvgIpc) is 3.08. The van der Waals surface area contributed by atoms with Crippen LogP contribution >= 0.6 is 0 Å². The summed E-state index contributed by atoms with van der Waals surface area (Å²) in [5.41, 5.74) is 2.01. The molecule has 1 heterocycles. The standard InChI is InChI=1S/C14H16N4O5/c1-2-23-14(17-20)11(13-15-7-8-16-13)12(19)9-3-5-10(6-4-9)18(21)22/h3-6,17,20H,2,7-8H2,1H3,(H,15,16)/b14-11+. The zero-order valence-corrected chi connectivity index (χ0v) is 12.4. The number of benzene rings is 1. The van der Waals surface area contributed by atoms with E-state index in [1.54, 1.807) is 6.92 Å². The van der Waals surface area contributed by atoms with Crippen LogP contribution in [0.3, 0.4) is 0 Å². The van der Waals surface area contributed by atoms with Crippen molar-refractivity contribution in [2.24, 2.45) is 4.99 Å². The number of hydroxylamine groups is 1. The molecule has 0 radical (unpaired) electrons. The van der Waals surface area contributed by atoms with Gasteiger partial charge in [-0.25, -0.2) is 5.48 Å². The minimum Gasteiger partial charge on any atom is -0.477 e. The molecule has 0 saturated carbocycles. The molecule has 0 aromatic heterocycles. The maximum Gasteiger partial charge on any atom is 0.269 e. The Labute approximate surface area is 131 Å². The molecule has 0 bridgehead atoms. The summed E-state index contributed by atoms with van der Waals surface area (Å²) in [7, 11) is 0. The molecule has 1 aromatic rings. The van der Waals surface area contributed by atoms with Gasteiger partial charge in [-0.3, -0.25) is 25.1 Å². The largest absolute Gasteiger partial charge is 0.477 e. The van der Waals surface area contributed by atoms with E-state index >= 15 is 0 Å². The van der Waals surface area contributed by atoms with Gasteiger partial charge in [-0.2, -0.15) is 0 Å². The highest BCUT2D eigenvalue weighted by Gasteiger charge is 2.26. The zero-order chi connectivity index (χ0) is 16.8. The molecular weight excluding hydrogens is 304 g/mol. The number of ether oxygens (including phenoxy) is 1. The van der Waals surface area contributed by atoms with Crippen LogP contribution in [0.1, 0.15) is 17.3 Å². The Bertz CT molecular complexity index is 666.